The Bertz CT molecular complexity index is 1030. The number of nitrogens with zero attached hydrogens (tertiary/aromatic N) is 2. The van der Waals surface area contributed by atoms with Crippen LogP contribution in [0.25, 0.3) is 16.7 Å². The van der Waals surface area contributed by atoms with Gasteiger partial charge in [0.25, 0.3) is 0 Å². The number of benzene rings is 2. The van der Waals surface area contributed by atoms with Gasteiger partial charge in [0.05, 0.1) is 23.1 Å². The third-order valence-corrected chi connectivity index (χ3v) is 4.62. The van der Waals surface area contributed by atoms with Crippen LogP contribution in [0.1, 0.15) is 25.3 Å². The van der Waals surface area contributed by atoms with Crippen LogP contribution in [0.2, 0.25) is 0 Å². The SMILES string of the molecule is CCC(O)(CF)CC(=O)Nc1nc2ccc(C)cc2n1-c1ccc(F)c(F)c1. The quantitative estimate of drug-likeness (QED) is 0.666. The lowest BCUT2D eigenvalue weighted by atomic mass is 9.98. The molecule has 0 fully saturated rings. The van der Waals surface area contributed by atoms with Gasteiger partial charge in [-0.05, 0) is 43.2 Å². The number of hydrogen-bond donors (Lipinski definition) is 2. The van der Waals surface area contributed by atoms with Crippen molar-refractivity contribution in [3.05, 3.63) is 53.6 Å². The molecule has 0 saturated heterocycles. The number of nitrogens with one attached hydrogen (secondary N) is 1. The van der Waals surface area contributed by atoms with Crippen LogP contribution in [0.15, 0.2) is 36.4 Å². The van der Waals surface area contributed by atoms with Crippen molar-refractivity contribution in [3.63, 3.8) is 0 Å². The second-order valence-electron chi connectivity index (χ2n) is 6.80. The van der Waals surface area contributed by atoms with Crippen molar-refractivity contribution < 1.29 is 23.1 Å². The first-order valence-electron chi connectivity index (χ1n) is 8.79. The zero-order valence-corrected chi connectivity index (χ0v) is 15.5. The third kappa shape index (κ3) is 3.87. The van der Waals surface area contributed by atoms with Crippen LogP contribution in [-0.2, 0) is 4.79 Å². The van der Waals surface area contributed by atoms with E-state index in [1.807, 2.05) is 13.0 Å². The zero-order chi connectivity index (χ0) is 20.5. The topological polar surface area (TPSA) is 67.2 Å². The summed E-state index contributed by atoms with van der Waals surface area (Å²) in [5, 5.41) is 12.6. The highest BCUT2D eigenvalue weighted by Crippen LogP contribution is 2.27. The molecule has 0 aliphatic rings. The average Bonchev–Trinajstić information content (AvgIpc) is 3.00. The molecule has 28 heavy (non-hydrogen) atoms. The van der Waals surface area contributed by atoms with E-state index >= 15 is 0 Å². The molecule has 1 aromatic heterocycles. The van der Waals surface area contributed by atoms with Gasteiger partial charge in [0, 0.05) is 6.07 Å². The van der Waals surface area contributed by atoms with Crippen LogP contribution in [0, 0.1) is 18.6 Å². The number of alkyl halides is 1. The minimum absolute atomic E-state index is 0.0638. The maximum absolute atomic E-state index is 13.8. The molecule has 0 radical (unpaired) electrons. The number of anilines is 1. The van der Waals surface area contributed by atoms with Crippen LogP contribution in [0.3, 0.4) is 0 Å². The first-order valence-corrected chi connectivity index (χ1v) is 8.79. The lowest BCUT2D eigenvalue weighted by Crippen LogP contribution is -2.35. The van der Waals surface area contributed by atoms with E-state index in [2.05, 4.69) is 10.3 Å². The fourth-order valence-corrected chi connectivity index (χ4v) is 2.89. The molecule has 0 aliphatic heterocycles. The number of aryl methyl sites for hydroxylation is 1. The van der Waals surface area contributed by atoms with E-state index in [0.29, 0.717) is 11.0 Å². The maximum Gasteiger partial charge on any atom is 0.229 e. The summed E-state index contributed by atoms with van der Waals surface area (Å²) in [5.41, 5.74) is 0.518. The number of fused-ring (bicyclic) bond motifs is 1. The summed E-state index contributed by atoms with van der Waals surface area (Å²) in [6.07, 6.45) is -0.393. The maximum atomic E-state index is 13.8. The van der Waals surface area contributed by atoms with Gasteiger partial charge < -0.3 is 5.11 Å². The van der Waals surface area contributed by atoms with Gasteiger partial charge in [0.15, 0.2) is 11.6 Å². The molecule has 1 atom stereocenters. The second kappa shape index (κ2) is 7.63. The number of halogens is 3. The number of hydrogen-bond acceptors (Lipinski definition) is 3. The largest absolute Gasteiger partial charge is 0.387 e. The fraction of sp³-hybridized carbons (Fsp3) is 0.300. The predicted octanol–water partition coefficient (Wildman–Crippen LogP) is 4.05. The normalized spacial score (nSPS) is 13.5. The molecule has 8 heteroatoms. The highest BCUT2D eigenvalue weighted by molar-refractivity contribution is 5.93. The summed E-state index contributed by atoms with van der Waals surface area (Å²) >= 11 is 0. The van der Waals surface area contributed by atoms with Crippen molar-refractivity contribution in [1.82, 2.24) is 9.55 Å². The highest BCUT2D eigenvalue weighted by atomic mass is 19.2. The number of amides is 1. The average molecular weight is 391 g/mol. The van der Waals surface area contributed by atoms with Gasteiger partial charge in [-0.15, -0.1) is 0 Å². The molecule has 0 spiro atoms. The van der Waals surface area contributed by atoms with E-state index in [-0.39, 0.29) is 18.1 Å². The molecule has 1 heterocycles. The molecule has 2 N–H and O–H groups in total. The Morgan fingerprint density at radius 2 is 1.96 bits per heavy atom. The van der Waals surface area contributed by atoms with E-state index in [9.17, 15) is 23.1 Å². The summed E-state index contributed by atoms with van der Waals surface area (Å²) in [6, 6.07) is 8.70. The highest BCUT2D eigenvalue weighted by Gasteiger charge is 2.29. The Morgan fingerprint density at radius 3 is 2.61 bits per heavy atom. The van der Waals surface area contributed by atoms with Gasteiger partial charge >= 0.3 is 0 Å². The molecule has 1 amide bonds. The van der Waals surface area contributed by atoms with Gasteiger partial charge in [-0.2, -0.15) is 0 Å². The molecule has 0 bridgehead atoms. The lowest BCUT2D eigenvalue weighted by Gasteiger charge is -2.22. The number of carbonyl (C=O) groups is 1. The van der Waals surface area contributed by atoms with E-state index in [1.54, 1.807) is 19.1 Å². The molecular weight excluding hydrogens is 371 g/mol. The van der Waals surface area contributed by atoms with Crippen LogP contribution >= 0.6 is 0 Å². The van der Waals surface area contributed by atoms with Crippen molar-refractivity contribution in [1.29, 1.82) is 0 Å². The minimum Gasteiger partial charge on any atom is -0.387 e. The van der Waals surface area contributed by atoms with Crippen molar-refractivity contribution in [3.8, 4) is 5.69 Å². The second-order valence-corrected chi connectivity index (χ2v) is 6.80. The zero-order valence-electron chi connectivity index (χ0n) is 15.5. The molecule has 3 rings (SSSR count). The summed E-state index contributed by atoms with van der Waals surface area (Å²) in [7, 11) is 0. The van der Waals surface area contributed by atoms with Crippen molar-refractivity contribution >= 4 is 22.9 Å². The van der Waals surface area contributed by atoms with Gasteiger partial charge in [0.1, 0.15) is 12.3 Å². The van der Waals surface area contributed by atoms with Crippen molar-refractivity contribution in [2.75, 3.05) is 12.0 Å². The van der Waals surface area contributed by atoms with Crippen LogP contribution in [0.5, 0.6) is 0 Å². The van der Waals surface area contributed by atoms with E-state index in [4.69, 9.17) is 0 Å². The predicted molar refractivity (Wildman–Crippen MR) is 100 cm³/mol. The van der Waals surface area contributed by atoms with Crippen molar-refractivity contribution in [2.24, 2.45) is 0 Å². The lowest BCUT2D eigenvalue weighted by molar-refractivity contribution is -0.122. The summed E-state index contributed by atoms with van der Waals surface area (Å²) in [5.74, 6) is -2.61. The Labute approximate surface area is 159 Å². The fourth-order valence-electron chi connectivity index (χ4n) is 2.89. The molecule has 0 aliphatic carbocycles. The van der Waals surface area contributed by atoms with E-state index in [0.717, 1.165) is 17.7 Å². The Kier molecular flexibility index (Phi) is 5.42. The van der Waals surface area contributed by atoms with Crippen LogP contribution in [-0.4, -0.2) is 32.8 Å². The number of aromatic nitrogens is 2. The first kappa shape index (κ1) is 19.9. The smallest absolute Gasteiger partial charge is 0.229 e. The molecule has 3 aromatic rings. The third-order valence-electron chi connectivity index (χ3n) is 4.62. The van der Waals surface area contributed by atoms with Gasteiger partial charge in [-0.1, -0.05) is 13.0 Å². The van der Waals surface area contributed by atoms with Crippen molar-refractivity contribution in [2.45, 2.75) is 32.3 Å². The minimum atomic E-state index is -1.76. The molecule has 2 aromatic carbocycles. The summed E-state index contributed by atoms with van der Waals surface area (Å²) in [4.78, 5) is 16.7. The van der Waals surface area contributed by atoms with Crippen LogP contribution < -0.4 is 5.32 Å². The van der Waals surface area contributed by atoms with E-state index in [1.165, 1.54) is 10.6 Å². The molecular formula is C20H20F3N3O2. The standard InChI is InChI=1S/C20H20F3N3O2/c1-3-20(28,11-21)10-18(27)25-19-24-16-7-4-12(2)8-17(16)26(19)13-5-6-14(22)15(23)9-13/h4-9,28H,3,10-11H2,1-2H3,(H,24,25,27). The van der Waals surface area contributed by atoms with Gasteiger partial charge in [-0.3, -0.25) is 14.7 Å². The molecule has 5 nitrogen and oxygen atoms in total. The van der Waals surface area contributed by atoms with Gasteiger partial charge in [0.2, 0.25) is 11.9 Å². The Balaban J connectivity index is 2.07. The number of rotatable bonds is 6. The Morgan fingerprint density at radius 1 is 1.21 bits per heavy atom. The van der Waals surface area contributed by atoms with E-state index < -0.39 is 36.2 Å². The monoisotopic (exact) mass is 391 g/mol. The van der Waals surface area contributed by atoms with Gasteiger partial charge in [-0.25, -0.2) is 18.2 Å². The van der Waals surface area contributed by atoms with Crippen LogP contribution in [0.4, 0.5) is 19.1 Å². The number of aliphatic hydroxyl groups is 1. The number of carbonyl (C=O) groups excluding carboxylic acids is 1. The first-order chi connectivity index (χ1) is 13.3. The molecule has 1 unspecified atom stereocenters. The summed E-state index contributed by atoms with van der Waals surface area (Å²) in [6.45, 7) is 2.38. The molecule has 0 saturated carbocycles. The number of imidazole rings is 1. The summed E-state index contributed by atoms with van der Waals surface area (Å²) < 4.78 is 41.7. The molecule has 148 valence electrons. The Hall–Kier alpha value is -2.87.